The summed E-state index contributed by atoms with van der Waals surface area (Å²) in [5.74, 6) is 1.19. The highest BCUT2D eigenvalue weighted by Gasteiger charge is 2.24. The van der Waals surface area contributed by atoms with Crippen LogP contribution in [0.4, 0.5) is 10.6 Å². The van der Waals surface area contributed by atoms with Crippen LogP contribution in [0.5, 0.6) is 5.75 Å². The molecule has 0 aliphatic carbocycles. The number of thioether (sulfide) groups is 1. The van der Waals surface area contributed by atoms with Gasteiger partial charge in [0.25, 0.3) is 11.1 Å². The zero-order chi connectivity index (χ0) is 16.8. The van der Waals surface area contributed by atoms with E-state index in [4.69, 9.17) is 4.74 Å². The second-order valence-corrected chi connectivity index (χ2v) is 5.93. The van der Waals surface area contributed by atoms with Gasteiger partial charge in [0, 0.05) is 6.20 Å². The zero-order valence-corrected chi connectivity index (χ0v) is 13.5. The molecule has 0 saturated carbocycles. The number of nitrogens with one attached hydrogen (secondary N) is 2. The van der Waals surface area contributed by atoms with E-state index in [9.17, 15) is 9.59 Å². The van der Waals surface area contributed by atoms with Crippen LogP contribution in [0, 0.1) is 0 Å². The lowest BCUT2D eigenvalue weighted by Crippen LogP contribution is -2.17. The summed E-state index contributed by atoms with van der Waals surface area (Å²) >= 11 is 0.904. The molecular weight excluding hydrogens is 326 g/mol. The van der Waals surface area contributed by atoms with Crippen molar-refractivity contribution in [3.63, 3.8) is 0 Å². The topological polar surface area (TPSA) is 80.3 Å². The lowest BCUT2D eigenvalue weighted by molar-refractivity contribution is -0.115. The van der Waals surface area contributed by atoms with Crippen LogP contribution in [0.25, 0.3) is 6.08 Å². The highest BCUT2D eigenvalue weighted by atomic mass is 32.2. The third-order valence-electron chi connectivity index (χ3n) is 3.16. The van der Waals surface area contributed by atoms with Gasteiger partial charge in [0.1, 0.15) is 18.2 Å². The van der Waals surface area contributed by atoms with E-state index in [0.717, 1.165) is 28.9 Å². The highest BCUT2D eigenvalue weighted by molar-refractivity contribution is 8.18. The van der Waals surface area contributed by atoms with Crippen LogP contribution in [0.15, 0.2) is 53.6 Å². The molecule has 7 heteroatoms. The Hall–Kier alpha value is -2.80. The monoisotopic (exact) mass is 341 g/mol. The number of amides is 2. The van der Waals surface area contributed by atoms with Gasteiger partial charge in [0.2, 0.25) is 0 Å². The fraction of sp³-hybridized carbons (Fsp3) is 0.118. The number of anilines is 1. The predicted molar refractivity (Wildman–Crippen MR) is 93.8 cm³/mol. The van der Waals surface area contributed by atoms with Crippen LogP contribution in [0.3, 0.4) is 0 Å². The first-order valence-electron chi connectivity index (χ1n) is 7.33. The molecule has 0 radical (unpaired) electrons. The SMILES string of the molecule is O=C1NC(=O)/C(=C\c2ccc(OCCNc3ccccn3)cc2)S1. The van der Waals surface area contributed by atoms with Gasteiger partial charge in [-0.2, -0.15) is 0 Å². The van der Waals surface area contributed by atoms with Crippen LogP contribution in [-0.4, -0.2) is 29.3 Å². The Morgan fingerprint density at radius 2 is 2.00 bits per heavy atom. The van der Waals surface area contributed by atoms with Crippen molar-refractivity contribution in [1.29, 1.82) is 0 Å². The van der Waals surface area contributed by atoms with E-state index in [1.807, 2.05) is 42.5 Å². The van der Waals surface area contributed by atoms with Crippen molar-refractivity contribution in [3.05, 3.63) is 59.1 Å². The van der Waals surface area contributed by atoms with Gasteiger partial charge < -0.3 is 10.1 Å². The molecule has 1 aromatic carbocycles. The van der Waals surface area contributed by atoms with E-state index < -0.39 is 0 Å². The molecule has 2 aromatic rings. The first kappa shape index (κ1) is 16.1. The minimum Gasteiger partial charge on any atom is -0.492 e. The average molecular weight is 341 g/mol. The van der Waals surface area contributed by atoms with Crippen molar-refractivity contribution in [3.8, 4) is 5.75 Å². The molecule has 2 N–H and O–H groups in total. The second kappa shape index (κ2) is 7.65. The lowest BCUT2D eigenvalue weighted by Gasteiger charge is -2.08. The Labute approximate surface area is 143 Å². The summed E-state index contributed by atoms with van der Waals surface area (Å²) in [5.41, 5.74) is 0.835. The van der Waals surface area contributed by atoms with Crippen molar-refractivity contribution >= 4 is 34.8 Å². The number of benzene rings is 1. The van der Waals surface area contributed by atoms with Gasteiger partial charge in [-0.25, -0.2) is 4.98 Å². The standard InChI is InChI=1S/C17H15N3O3S/c21-16-14(24-17(22)20-16)11-12-4-6-13(7-5-12)23-10-9-19-15-3-1-2-8-18-15/h1-8,11H,9-10H2,(H,18,19)(H,20,21,22)/b14-11+. The van der Waals surface area contributed by atoms with Crippen LogP contribution < -0.4 is 15.4 Å². The number of nitrogens with zero attached hydrogens (tertiary/aromatic N) is 1. The molecule has 122 valence electrons. The first-order chi connectivity index (χ1) is 11.7. The normalized spacial score (nSPS) is 15.4. The fourth-order valence-corrected chi connectivity index (χ4v) is 2.73. The van der Waals surface area contributed by atoms with Gasteiger partial charge in [-0.05, 0) is 47.7 Å². The quantitative estimate of drug-likeness (QED) is 0.621. The van der Waals surface area contributed by atoms with Crippen LogP contribution >= 0.6 is 11.8 Å². The molecule has 6 nitrogen and oxygen atoms in total. The summed E-state index contributed by atoms with van der Waals surface area (Å²) in [4.78, 5) is 27.2. The van der Waals surface area contributed by atoms with Crippen LogP contribution in [0.1, 0.15) is 5.56 Å². The molecule has 0 unspecified atom stereocenters. The summed E-state index contributed by atoms with van der Waals surface area (Å²) < 4.78 is 5.64. The lowest BCUT2D eigenvalue weighted by atomic mass is 10.2. The summed E-state index contributed by atoms with van der Waals surface area (Å²) in [7, 11) is 0. The summed E-state index contributed by atoms with van der Waals surface area (Å²) in [6, 6.07) is 13.0. The molecule has 2 heterocycles. The van der Waals surface area contributed by atoms with E-state index in [-0.39, 0.29) is 11.1 Å². The first-order valence-corrected chi connectivity index (χ1v) is 8.15. The van der Waals surface area contributed by atoms with E-state index >= 15 is 0 Å². The Kier molecular flexibility index (Phi) is 5.12. The van der Waals surface area contributed by atoms with E-state index in [2.05, 4.69) is 15.6 Å². The van der Waals surface area contributed by atoms with Crippen LogP contribution in [0.2, 0.25) is 0 Å². The summed E-state index contributed by atoms with van der Waals surface area (Å²) in [5, 5.41) is 5.04. The predicted octanol–water partition coefficient (Wildman–Crippen LogP) is 2.90. The van der Waals surface area contributed by atoms with Gasteiger partial charge in [0.15, 0.2) is 0 Å². The Morgan fingerprint density at radius 3 is 2.67 bits per heavy atom. The number of hydrogen-bond donors (Lipinski definition) is 2. The molecule has 0 spiro atoms. The fourth-order valence-electron chi connectivity index (χ4n) is 2.05. The number of carbonyl (C=O) groups excluding carboxylic acids is 2. The van der Waals surface area contributed by atoms with Crippen molar-refractivity contribution in [1.82, 2.24) is 10.3 Å². The molecular formula is C17H15N3O3S. The van der Waals surface area contributed by atoms with Crippen molar-refractivity contribution in [2.75, 3.05) is 18.5 Å². The van der Waals surface area contributed by atoms with E-state index in [1.165, 1.54) is 0 Å². The Bertz CT molecular complexity index is 760. The van der Waals surface area contributed by atoms with E-state index in [0.29, 0.717) is 18.1 Å². The van der Waals surface area contributed by atoms with Crippen molar-refractivity contribution < 1.29 is 14.3 Å². The van der Waals surface area contributed by atoms with Gasteiger partial charge in [-0.15, -0.1) is 0 Å². The van der Waals surface area contributed by atoms with Gasteiger partial charge >= 0.3 is 0 Å². The zero-order valence-electron chi connectivity index (χ0n) is 12.7. The molecule has 1 saturated heterocycles. The maximum absolute atomic E-state index is 11.5. The number of carbonyl (C=O) groups is 2. The maximum atomic E-state index is 11.5. The van der Waals surface area contributed by atoms with Crippen molar-refractivity contribution in [2.24, 2.45) is 0 Å². The smallest absolute Gasteiger partial charge is 0.290 e. The number of rotatable bonds is 6. The molecule has 24 heavy (non-hydrogen) atoms. The highest BCUT2D eigenvalue weighted by Crippen LogP contribution is 2.26. The number of aromatic nitrogens is 1. The second-order valence-electron chi connectivity index (χ2n) is 4.91. The molecule has 1 aromatic heterocycles. The largest absolute Gasteiger partial charge is 0.492 e. The molecule has 0 atom stereocenters. The van der Waals surface area contributed by atoms with Gasteiger partial charge in [-0.3, -0.25) is 14.9 Å². The molecule has 2 amide bonds. The third kappa shape index (κ3) is 4.36. The molecule has 1 aliphatic heterocycles. The summed E-state index contributed by atoms with van der Waals surface area (Å²) in [6.07, 6.45) is 3.41. The maximum Gasteiger partial charge on any atom is 0.290 e. The summed E-state index contributed by atoms with van der Waals surface area (Å²) in [6.45, 7) is 1.14. The minimum atomic E-state index is -0.356. The number of hydrogen-bond acceptors (Lipinski definition) is 6. The third-order valence-corrected chi connectivity index (χ3v) is 3.97. The van der Waals surface area contributed by atoms with Crippen LogP contribution in [-0.2, 0) is 4.79 Å². The Balaban J connectivity index is 1.49. The van der Waals surface area contributed by atoms with Crippen molar-refractivity contribution in [2.45, 2.75) is 0 Å². The molecule has 1 fully saturated rings. The number of pyridine rings is 1. The van der Waals surface area contributed by atoms with E-state index in [1.54, 1.807) is 12.3 Å². The number of imide groups is 1. The number of ether oxygens (including phenoxy) is 1. The average Bonchev–Trinajstić information content (AvgIpc) is 2.91. The Morgan fingerprint density at radius 1 is 1.17 bits per heavy atom. The molecule has 3 rings (SSSR count). The van der Waals surface area contributed by atoms with Gasteiger partial charge in [-0.1, -0.05) is 18.2 Å². The molecule has 0 bridgehead atoms. The molecule has 1 aliphatic rings. The minimum absolute atomic E-state index is 0.341. The van der Waals surface area contributed by atoms with Gasteiger partial charge in [0.05, 0.1) is 11.4 Å².